The van der Waals surface area contributed by atoms with Crippen LogP contribution in [0.1, 0.15) is 34.0 Å². The molecule has 37 heavy (non-hydrogen) atoms. The van der Waals surface area contributed by atoms with Gasteiger partial charge in [-0.1, -0.05) is 36.4 Å². The molecule has 3 aromatic carbocycles. The SMILES string of the molecule is N#Cc1ccc(C(c2ccc3c(c2)OCO3)N2CC(=O)N3Cc4[nH]c5ccccc5c4C[C@@H]3C2=O)cc1. The van der Waals surface area contributed by atoms with Crippen LogP contribution in [0, 0.1) is 11.3 Å². The summed E-state index contributed by atoms with van der Waals surface area (Å²) in [5.74, 6) is 1.07. The van der Waals surface area contributed by atoms with Crippen LogP contribution in [0.3, 0.4) is 0 Å². The largest absolute Gasteiger partial charge is 0.454 e. The molecule has 4 heterocycles. The number of para-hydroxylation sites is 1. The maximum Gasteiger partial charge on any atom is 0.246 e. The van der Waals surface area contributed by atoms with Gasteiger partial charge in [-0.2, -0.15) is 5.26 Å². The van der Waals surface area contributed by atoms with Gasteiger partial charge >= 0.3 is 0 Å². The standard InChI is InChI=1S/C29H22N4O4/c30-13-17-5-7-18(8-6-17)28(19-9-10-25-26(11-19)37-16-36-25)33-15-27(34)32-14-23-21(12-24(32)29(33)35)20-3-1-2-4-22(20)31-23/h1-11,24,28,31H,12,14-16H2/t24-,28?/m1/s1. The number of H-pyrrole nitrogens is 1. The Kier molecular flexibility index (Phi) is 4.73. The maximum atomic E-state index is 14.1. The van der Waals surface area contributed by atoms with E-state index in [0.29, 0.717) is 30.0 Å². The third-order valence-corrected chi connectivity index (χ3v) is 7.58. The number of nitrogens with one attached hydrogen (secondary N) is 1. The Balaban J connectivity index is 1.30. The zero-order chi connectivity index (χ0) is 25.1. The first kappa shape index (κ1) is 21.5. The van der Waals surface area contributed by atoms with Gasteiger partial charge in [-0.3, -0.25) is 9.59 Å². The number of nitrogens with zero attached hydrogens (tertiary/aromatic N) is 3. The lowest BCUT2D eigenvalue weighted by Gasteiger charge is -2.45. The maximum absolute atomic E-state index is 14.1. The summed E-state index contributed by atoms with van der Waals surface area (Å²) in [6.07, 6.45) is 0.460. The van der Waals surface area contributed by atoms with Crippen molar-refractivity contribution < 1.29 is 19.1 Å². The minimum atomic E-state index is -0.581. The number of rotatable bonds is 3. The lowest BCUT2D eigenvalue weighted by Crippen LogP contribution is -2.62. The van der Waals surface area contributed by atoms with E-state index in [1.54, 1.807) is 21.9 Å². The summed E-state index contributed by atoms with van der Waals surface area (Å²) in [6.45, 7) is 0.494. The molecule has 1 fully saturated rings. The van der Waals surface area contributed by atoms with Crippen LogP contribution < -0.4 is 9.47 Å². The Morgan fingerprint density at radius 3 is 2.57 bits per heavy atom. The number of aromatic nitrogens is 1. The monoisotopic (exact) mass is 490 g/mol. The number of amides is 2. The zero-order valence-corrected chi connectivity index (χ0v) is 19.8. The minimum Gasteiger partial charge on any atom is -0.454 e. The normalized spacial score (nSPS) is 18.9. The van der Waals surface area contributed by atoms with Crippen LogP contribution in [0.25, 0.3) is 10.9 Å². The summed E-state index contributed by atoms with van der Waals surface area (Å²) in [4.78, 5) is 34.4. The Labute approximate surface area is 212 Å². The summed E-state index contributed by atoms with van der Waals surface area (Å²) >= 11 is 0. The summed E-state index contributed by atoms with van der Waals surface area (Å²) in [5, 5.41) is 10.4. The van der Waals surface area contributed by atoms with E-state index in [1.165, 1.54) is 0 Å². The van der Waals surface area contributed by atoms with E-state index in [9.17, 15) is 14.9 Å². The average molecular weight is 491 g/mol. The van der Waals surface area contributed by atoms with E-state index in [1.807, 2.05) is 48.5 Å². The van der Waals surface area contributed by atoms with Crippen LogP contribution in [-0.4, -0.2) is 46.0 Å². The van der Waals surface area contributed by atoms with Gasteiger partial charge in [0.05, 0.1) is 24.2 Å². The smallest absolute Gasteiger partial charge is 0.246 e. The third-order valence-electron chi connectivity index (χ3n) is 7.58. The molecule has 0 radical (unpaired) electrons. The minimum absolute atomic E-state index is 0.0377. The first-order chi connectivity index (χ1) is 18.1. The van der Waals surface area contributed by atoms with Crippen LogP contribution in [0.4, 0.5) is 0 Å². The number of nitriles is 1. The highest BCUT2D eigenvalue weighted by atomic mass is 16.7. The van der Waals surface area contributed by atoms with Gasteiger partial charge in [-0.25, -0.2) is 0 Å². The number of carbonyl (C=O) groups is 2. The summed E-state index contributed by atoms with van der Waals surface area (Å²) in [6, 6.07) is 21.8. The van der Waals surface area contributed by atoms with E-state index in [0.717, 1.165) is 33.3 Å². The quantitative estimate of drug-likeness (QED) is 0.473. The molecule has 1 saturated heterocycles. The molecule has 0 saturated carbocycles. The van der Waals surface area contributed by atoms with Crippen LogP contribution in [0.2, 0.25) is 0 Å². The Hall–Kier alpha value is -4.77. The number of ether oxygens (including phenoxy) is 2. The highest BCUT2D eigenvalue weighted by molar-refractivity contribution is 5.97. The van der Waals surface area contributed by atoms with Crippen LogP contribution in [0.15, 0.2) is 66.7 Å². The van der Waals surface area contributed by atoms with Gasteiger partial charge in [0.25, 0.3) is 0 Å². The molecule has 8 nitrogen and oxygen atoms in total. The topological polar surface area (TPSA) is 98.7 Å². The van der Waals surface area contributed by atoms with E-state index >= 15 is 0 Å². The number of benzene rings is 3. The van der Waals surface area contributed by atoms with E-state index in [4.69, 9.17) is 9.47 Å². The summed E-state index contributed by atoms with van der Waals surface area (Å²) in [5.41, 5.74) is 5.26. The number of carbonyl (C=O) groups excluding carboxylic acids is 2. The Morgan fingerprint density at radius 1 is 0.946 bits per heavy atom. The first-order valence-corrected chi connectivity index (χ1v) is 12.2. The number of fused-ring (bicyclic) bond motifs is 5. The predicted octanol–water partition coefficient (Wildman–Crippen LogP) is 3.65. The van der Waals surface area contributed by atoms with Crippen LogP contribution >= 0.6 is 0 Å². The highest BCUT2D eigenvalue weighted by Gasteiger charge is 2.45. The molecule has 182 valence electrons. The van der Waals surface area contributed by atoms with Gasteiger partial charge < -0.3 is 24.3 Å². The molecule has 2 amide bonds. The molecule has 1 N–H and O–H groups in total. The number of aromatic amines is 1. The fourth-order valence-electron chi connectivity index (χ4n) is 5.79. The first-order valence-electron chi connectivity index (χ1n) is 12.2. The molecule has 1 unspecified atom stereocenters. The van der Waals surface area contributed by atoms with Crippen molar-refractivity contribution in [2.45, 2.75) is 25.0 Å². The zero-order valence-electron chi connectivity index (χ0n) is 19.8. The Bertz CT molecular complexity index is 1620. The average Bonchev–Trinajstić information content (AvgIpc) is 3.55. The molecule has 0 spiro atoms. The molecule has 3 aliphatic heterocycles. The van der Waals surface area contributed by atoms with Crippen molar-refractivity contribution >= 4 is 22.7 Å². The van der Waals surface area contributed by atoms with Crippen molar-refractivity contribution in [3.8, 4) is 17.6 Å². The van der Waals surface area contributed by atoms with Gasteiger partial charge in [0, 0.05) is 23.0 Å². The van der Waals surface area contributed by atoms with Gasteiger partial charge in [-0.15, -0.1) is 0 Å². The number of hydrogen-bond donors (Lipinski definition) is 1. The molecule has 4 aromatic rings. The summed E-state index contributed by atoms with van der Waals surface area (Å²) < 4.78 is 11.1. The molecule has 8 heteroatoms. The van der Waals surface area contributed by atoms with Crippen molar-refractivity contribution in [2.24, 2.45) is 0 Å². The molecular weight excluding hydrogens is 468 g/mol. The fourth-order valence-corrected chi connectivity index (χ4v) is 5.79. The molecule has 0 bridgehead atoms. The second-order valence-electron chi connectivity index (χ2n) is 9.58. The molecule has 7 rings (SSSR count). The van der Waals surface area contributed by atoms with Crippen molar-refractivity contribution in [3.63, 3.8) is 0 Å². The number of piperazine rings is 1. The van der Waals surface area contributed by atoms with Gasteiger partial charge in [0.1, 0.15) is 12.6 Å². The fraction of sp³-hybridized carbons (Fsp3) is 0.207. The van der Waals surface area contributed by atoms with Crippen LogP contribution in [0.5, 0.6) is 11.5 Å². The number of hydrogen-bond acceptors (Lipinski definition) is 5. The molecule has 1 aromatic heterocycles. The lowest BCUT2D eigenvalue weighted by atomic mass is 9.90. The van der Waals surface area contributed by atoms with Crippen molar-refractivity contribution in [1.29, 1.82) is 5.26 Å². The highest BCUT2D eigenvalue weighted by Crippen LogP contribution is 2.40. The molecule has 0 aliphatic carbocycles. The van der Waals surface area contributed by atoms with Crippen LogP contribution in [-0.2, 0) is 22.6 Å². The van der Waals surface area contributed by atoms with E-state index < -0.39 is 12.1 Å². The molecule has 2 atom stereocenters. The predicted molar refractivity (Wildman–Crippen MR) is 134 cm³/mol. The van der Waals surface area contributed by atoms with Gasteiger partial charge in [0.15, 0.2) is 11.5 Å². The van der Waals surface area contributed by atoms with Gasteiger partial charge in [-0.05, 0) is 47.0 Å². The third kappa shape index (κ3) is 3.35. The Morgan fingerprint density at radius 2 is 1.73 bits per heavy atom. The molecular formula is C29H22N4O4. The van der Waals surface area contributed by atoms with Gasteiger partial charge in [0.2, 0.25) is 18.6 Å². The van der Waals surface area contributed by atoms with Crippen molar-refractivity contribution in [1.82, 2.24) is 14.8 Å². The second-order valence-corrected chi connectivity index (χ2v) is 9.58. The lowest BCUT2D eigenvalue weighted by molar-refractivity contribution is -0.158. The summed E-state index contributed by atoms with van der Waals surface area (Å²) in [7, 11) is 0. The van der Waals surface area contributed by atoms with E-state index in [-0.39, 0.29) is 25.2 Å². The second kappa shape index (κ2) is 8.14. The van der Waals surface area contributed by atoms with Crippen molar-refractivity contribution in [2.75, 3.05) is 13.3 Å². The van der Waals surface area contributed by atoms with Crippen molar-refractivity contribution in [3.05, 3.63) is 94.7 Å². The van der Waals surface area contributed by atoms with E-state index in [2.05, 4.69) is 17.1 Å². The molecule has 3 aliphatic rings.